The fourth-order valence-electron chi connectivity index (χ4n) is 3.25. The van der Waals surface area contributed by atoms with Crippen molar-refractivity contribution in [1.82, 2.24) is 15.0 Å². The lowest BCUT2D eigenvalue weighted by atomic mass is 10.1. The molecule has 11 heteroatoms. The molecular formula is C20H17F2N5O3S. The molecule has 1 aliphatic heterocycles. The first-order valence-corrected chi connectivity index (χ1v) is 10.3. The highest BCUT2D eigenvalue weighted by Gasteiger charge is 2.31. The smallest absolute Gasteiger partial charge is 0.373 e. The molecule has 3 heterocycles. The van der Waals surface area contributed by atoms with E-state index in [1.165, 1.54) is 0 Å². The average molecular weight is 445 g/mol. The Labute approximate surface area is 180 Å². The van der Waals surface area contributed by atoms with Crippen LogP contribution in [0, 0.1) is 21.7 Å². The first-order chi connectivity index (χ1) is 15.0. The first kappa shape index (κ1) is 20.9. The fraction of sp³-hybridized carbons (Fsp3) is 0.250. The molecule has 1 saturated heterocycles. The third kappa shape index (κ3) is 4.88. The molecule has 8 nitrogen and oxygen atoms in total. The second-order valence-electron chi connectivity index (χ2n) is 6.76. The number of benzene rings is 1. The number of nitrogens with zero attached hydrogens (tertiary/aromatic N) is 5. The molecule has 1 fully saturated rings. The Morgan fingerprint density at radius 2 is 1.94 bits per heavy atom. The number of hydrogen-bond donors (Lipinski definition) is 0. The standard InChI is InChI=1S/C20H17F2N5O3S/c21-13-4-5-16(15(22)11-13)30-20-18(27(28)29)19(24-12-25-20)26-9-6-14(7-10-26)31-17-3-1-2-8-23-17/h1-5,8,11-12,14H,6-7,9-10H2. The lowest BCUT2D eigenvalue weighted by Gasteiger charge is -2.31. The van der Waals surface area contributed by atoms with E-state index in [0.717, 1.165) is 36.3 Å². The minimum absolute atomic E-state index is 0.110. The van der Waals surface area contributed by atoms with Gasteiger partial charge in [-0.3, -0.25) is 10.1 Å². The summed E-state index contributed by atoms with van der Waals surface area (Å²) < 4.78 is 32.4. The normalized spacial score (nSPS) is 14.5. The van der Waals surface area contributed by atoms with Gasteiger partial charge in [0.1, 0.15) is 12.1 Å². The summed E-state index contributed by atoms with van der Waals surface area (Å²) in [5, 5.41) is 13.0. The molecule has 4 rings (SSSR count). The third-order valence-corrected chi connectivity index (χ3v) is 6.01. The number of thioether (sulfide) groups is 1. The van der Waals surface area contributed by atoms with Gasteiger partial charge in [-0.2, -0.15) is 4.98 Å². The molecule has 0 amide bonds. The molecule has 1 aromatic carbocycles. The SMILES string of the molecule is O=[N+]([O-])c1c(Oc2ccc(F)cc2F)ncnc1N1CCC(Sc2ccccn2)CC1. The van der Waals surface area contributed by atoms with Crippen molar-refractivity contribution in [2.24, 2.45) is 0 Å². The van der Waals surface area contributed by atoms with Crippen LogP contribution in [0.5, 0.6) is 11.6 Å². The van der Waals surface area contributed by atoms with Gasteiger partial charge in [0.15, 0.2) is 11.6 Å². The quantitative estimate of drug-likeness (QED) is 0.401. The number of hydrogen-bond acceptors (Lipinski definition) is 8. The Hall–Kier alpha value is -3.34. The average Bonchev–Trinajstić information content (AvgIpc) is 2.77. The van der Waals surface area contributed by atoms with Crippen molar-refractivity contribution in [3.8, 4) is 11.6 Å². The Morgan fingerprint density at radius 3 is 2.61 bits per heavy atom. The van der Waals surface area contributed by atoms with Gasteiger partial charge in [0, 0.05) is 30.6 Å². The zero-order valence-electron chi connectivity index (χ0n) is 16.1. The van der Waals surface area contributed by atoms with Crippen molar-refractivity contribution in [2.45, 2.75) is 23.1 Å². The monoisotopic (exact) mass is 445 g/mol. The molecule has 0 aliphatic carbocycles. The van der Waals surface area contributed by atoms with E-state index in [1.807, 2.05) is 18.2 Å². The Bertz CT molecular complexity index is 1080. The third-order valence-electron chi connectivity index (χ3n) is 4.72. The molecule has 31 heavy (non-hydrogen) atoms. The van der Waals surface area contributed by atoms with Crippen molar-refractivity contribution >= 4 is 23.3 Å². The van der Waals surface area contributed by atoms with E-state index in [9.17, 15) is 18.9 Å². The molecule has 0 saturated carbocycles. The maximum atomic E-state index is 13.9. The van der Waals surface area contributed by atoms with Crippen LogP contribution in [0.4, 0.5) is 20.3 Å². The number of ether oxygens (including phenoxy) is 1. The first-order valence-electron chi connectivity index (χ1n) is 9.46. The minimum Gasteiger partial charge on any atom is -0.430 e. The number of halogens is 2. The molecule has 0 spiro atoms. The van der Waals surface area contributed by atoms with Gasteiger partial charge in [0.2, 0.25) is 5.82 Å². The second kappa shape index (κ2) is 9.21. The van der Waals surface area contributed by atoms with E-state index in [-0.39, 0.29) is 11.6 Å². The van der Waals surface area contributed by atoms with Gasteiger partial charge in [-0.05, 0) is 37.1 Å². The minimum atomic E-state index is -0.984. The van der Waals surface area contributed by atoms with Crippen LogP contribution < -0.4 is 9.64 Å². The Morgan fingerprint density at radius 1 is 1.13 bits per heavy atom. The molecule has 0 bridgehead atoms. The van der Waals surface area contributed by atoms with E-state index in [2.05, 4.69) is 15.0 Å². The molecule has 2 aromatic heterocycles. The summed E-state index contributed by atoms with van der Waals surface area (Å²) >= 11 is 1.68. The van der Waals surface area contributed by atoms with E-state index in [0.29, 0.717) is 24.4 Å². The summed E-state index contributed by atoms with van der Waals surface area (Å²) in [5.41, 5.74) is -0.456. The summed E-state index contributed by atoms with van der Waals surface area (Å²) in [5.74, 6) is -2.42. The highest BCUT2D eigenvalue weighted by Crippen LogP contribution is 2.39. The van der Waals surface area contributed by atoms with Crippen LogP contribution in [-0.2, 0) is 0 Å². The van der Waals surface area contributed by atoms with Crippen LogP contribution in [0.25, 0.3) is 0 Å². The maximum absolute atomic E-state index is 13.9. The number of nitro groups is 1. The molecule has 0 radical (unpaired) electrons. The number of pyridine rings is 1. The van der Waals surface area contributed by atoms with Gasteiger partial charge in [-0.15, -0.1) is 11.8 Å². The largest absolute Gasteiger partial charge is 0.430 e. The number of piperidine rings is 1. The van der Waals surface area contributed by atoms with E-state index in [4.69, 9.17) is 4.74 Å². The highest BCUT2D eigenvalue weighted by molar-refractivity contribution is 7.99. The van der Waals surface area contributed by atoms with Crippen LogP contribution in [0.15, 0.2) is 53.9 Å². The predicted octanol–water partition coefficient (Wildman–Crippen LogP) is 4.61. The Kier molecular flexibility index (Phi) is 6.21. The number of aromatic nitrogens is 3. The molecule has 3 aromatic rings. The van der Waals surface area contributed by atoms with E-state index in [1.54, 1.807) is 22.9 Å². The summed E-state index contributed by atoms with van der Waals surface area (Å²) in [6.45, 7) is 1.10. The number of rotatable bonds is 6. The zero-order chi connectivity index (χ0) is 21.8. The molecule has 160 valence electrons. The van der Waals surface area contributed by atoms with Crippen LogP contribution in [-0.4, -0.2) is 38.2 Å². The van der Waals surface area contributed by atoms with Crippen molar-refractivity contribution in [1.29, 1.82) is 0 Å². The van der Waals surface area contributed by atoms with Crippen LogP contribution >= 0.6 is 11.8 Å². The summed E-state index contributed by atoms with van der Waals surface area (Å²) in [6.07, 6.45) is 4.44. The summed E-state index contributed by atoms with van der Waals surface area (Å²) in [7, 11) is 0. The molecule has 0 unspecified atom stereocenters. The fourth-order valence-corrected chi connectivity index (χ4v) is 4.32. The maximum Gasteiger partial charge on any atom is 0.373 e. The van der Waals surface area contributed by atoms with Crippen molar-refractivity contribution in [3.05, 3.63) is 70.7 Å². The molecular weight excluding hydrogens is 428 g/mol. The van der Waals surface area contributed by atoms with Crippen molar-refractivity contribution < 1.29 is 18.4 Å². The number of anilines is 1. The molecule has 1 aliphatic rings. The summed E-state index contributed by atoms with van der Waals surface area (Å²) in [4.78, 5) is 25.1. The van der Waals surface area contributed by atoms with Gasteiger partial charge >= 0.3 is 11.6 Å². The van der Waals surface area contributed by atoms with Crippen molar-refractivity contribution in [2.75, 3.05) is 18.0 Å². The molecule has 0 atom stereocenters. The van der Waals surface area contributed by atoms with Gasteiger partial charge in [0.25, 0.3) is 0 Å². The van der Waals surface area contributed by atoms with E-state index < -0.39 is 28.1 Å². The van der Waals surface area contributed by atoms with Crippen LogP contribution in [0.1, 0.15) is 12.8 Å². The predicted molar refractivity (Wildman–Crippen MR) is 110 cm³/mol. The van der Waals surface area contributed by atoms with Gasteiger partial charge in [-0.25, -0.2) is 18.7 Å². The Balaban J connectivity index is 1.52. The second-order valence-corrected chi connectivity index (χ2v) is 8.08. The van der Waals surface area contributed by atoms with E-state index >= 15 is 0 Å². The van der Waals surface area contributed by atoms with Crippen LogP contribution in [0.3, 0.4) is 0 Å². The zero-order valence-corrected chi connectivity index (χ0v) is 17.0. The van der Waals surface area contributed by atoms with Gasteiger partial charge < -0.3 is 9.64 Å². The van der Waals surface area contributed by atoms with Gasteiger partial charge in [0.05, 0.1) is 9.95 Å². The molecule has 0 N–H and O–H groups in total. The lowest BCUT2D eigenvalue weighted by Crippen LogP contribution is -2.35. The van der Waals surface area contributed by atoms with Gasteiger partial charge in [-0.1, -0.05) is 6.07 Å². The topological polar surface area (TPSA) is 94.3 Å². The van der Waals surface area contributed by atoms with Crippen LogP contribution in [0.2, 0.25) is 0 Å². The van der Waals surface area contributed by atoms with Crippen molar-refractivity contribution in [3.63, 3.8) is 0 Å². The highest BCUT2D eigenvalue weighted by atomic mass is 32.2. The lowest BCUT2D eigenvalue weighted by molar-refractivity contribution is -0.385. The summed E-state index contributed by atoms with van der Waals surface area (Å²) in [6, 6.07) is 8.42.